The van der Waals surface area contributed by atoms with Crippen LogP contribution in [0.2, 0.25) is 0 Å². The fourth-order valence-corrected chi connectivity index (χ4v) is 2.24. The Kier molecular flexibility index (Phi) is 4.67. The van der Waals surface area contributed by atoms with Gasteiger partial charge in [0.25, 0.3) is 0 Å². The summed E-state index contributed by atoms with van der Waals surface area (Å²) in [6.07, 6.45) is -3.08. The molecule has 1 aromatic carbocycles. The Bertz CT molecular complexity index is 627. The zero-order valence-electron chi connectivity index (χ0n) is 11.1. The molecule has 0 saturated heterocycles. The lowest BCUT2D eigenvalue weighted by Gasteiger charge is -2.10. The second-order valence-electron chi connectivity index (χ2n) is 4.54. The Morgan fingerprint density at radius 2 is 2.10 bits per heavy atom. The van der Waals surface area contributed by atoms with Gasteiger partial charge in [-0.3, -0.25) is 0 Å². The van der Waals surface area contributed by atoms with Gasteiger partial charge in [-0.05, 0) is 24.6 Å². The van der Waals surface area contributed by atoms with Gasteiger partial charge in [0.2, 0.25) is 11.7 Å². The second-order valence-corrected chi connectivity index (χ2v) is 5.45. The van der Waals surface area contributed by atoms with Crippen LogP contribution in [0.1, 0.15) is 37.3 Å². The molecule has 0 radical (unpaired) electrons. The molecule has 1 unspecified atom stereocenters. The van der Waals surface area contributed by atoms with Gasteiger partial charge in [0, 0.05) is 10.0 Å². The monoisotopic (exact) mass is 363 g/mol. The average Bonchev–Trinajstić information content (AvgIpc) is 2.87. The molecule has 1 atom stereocenters. The molecule has 1 aromatic heterocycles. The summed E-state index contributed by atoms with van der Waals surface area (Å²) >= 11 is 3.03. The Hall–Kier alpha value is -1.41. The molecule has 114 valence electrons. The highest BCUT2D eigenvalue weighted by atomic mass is 79.9. The van der Waals surface area contributed by atoms with Crippen molar-refractivity contribution in [1.29, 1.82) is 0 Å². The molecule has 0 aliphatic carbocycles. The largest absolute Gasteiger partial charge is 0.417 e. The van der Waals surface area contributed by atoms with Crippen LogP contribution in [-0.4, -0.2) is 10.1 Å². The topological polar surface area (TPSA) is 64.9 Å². The van der Waals surface area contributed by atoms with Crippen molar-refractivity contribution in [3.63, 3.8) is 0 Å². The second kappa shape index (κ2) is 6.15. The lowest BCUT2D eigenvalue weighted by atomic mass is 10.1. The summed E-state index contributed by atoms with van der Waals surface area (Å²) in [5, 5.41) is 3.61. The highest BCUT2D eigenvalue weighted by Gasteiger charge is 2.35. The van der Waals surface area contributed by atoms with Crippen LogP contribution < -0.4 is 5.73 Å². The van der Waals surface area contributed by atoms with E-state index in [1.54, 1.807) is 0 Å². The van der Waals surface area contributed by atoms with Gasteiger partial charge in [0.1, 0.15) is 0 Å². The van der Waals surface area contributed by atoms with E-state index < -0.39 is 17.8 Å². The minimum Gasteiger partial charge on any atom is -0.337 e. The van der Waals surface area contributed by atoms with Crippen LogP contribution in [0.3, 0.4) is 0 Å². The van der Waals surface area contributed by atoms with E-state index >= 15 is 0 Å². The third-order valence-electron chi connectivity index (χ3n) is 2.89. The molecule has 1 heterocycles. The highest BCUT2D eigenvalue weighted by Crippen LogP contribution is 2.37. The molecule has 0 amide bonds. The van der Waals surface area contributed by atoms with Crippen molar-refractivity contribution >= 4 is 15.9 Å². The fourth-order valence-electron chi connectivity index (χ4n) is 1.88. The number of benzene rings is 1. The van der Waals surface area contributed by atoms with Crippen molar-refractivity contribution < 1.29 is 17.7 Å². The number of rotatable bonds is 4. The summed E-state index contributed by atoms with van der Waals surface area (Å²) in [6, 6.07) is 3.30. The summed E-state index contributed by atoms with van der Waals surface area (Å²) in [6.45, 7) is 1.94. The molecule has 0 spiro atoms. The molecule has 2 aromatic rings. The molecule has 0 aliphatic rings. The lowest BCUT2D eigenvalue weighted by molar-refractivity contribution is -0.137. The fraction of sp³-hybridized carbons (Fsp3) is 0.385. The van der Waals surface area contributed by atoms with Gasteiger partial charge in [-0.2, -0.15) is 18.2 Å². The molecule has 0 fully saturated rings. The standard InChI is InChI=1S/C13H13BrF3N3O/c1-2-3-10(18)12-19-11(20-21-12)8-5-4-7(14)6-9(8)13(15,16)17/h4-6,10H,2-3,18H2,1H3. The normalized spacial score (nSPS) is 13.4. The van der Waals surface area contributed by atoms with E-state index in [1.807, 2.05) is 6.92 Å². The van der Waals surface area contributed by atoms with Crippen molar-refractivity contribution in [1.82, 2.24) is 10.1 Å². The number of hydrogen-bond acceptors (Lipinski definition) is 4. The van der Waals surface area contributed by atoms with Crippen LogP contribution in [0.5, 0.6) is 0 Å². The minimum absolute atomic E-state index is 0.114. The van der Waals surface area contributed by atoms with Gasteiger partial charge >= 0.3 is 6.18 Å². The zero-order valence-corrected chi connectivity index (χ0v) is 12.7. The van der Waals surface area contributed by atoms with Crippen molar-refractivity contribution in [3.8, 4) is 11.4 Å². The summed E-state index contributed by atoms with van der Waals surface area (Å²) in [5.41, 5.74) is 4.86. The molecule has 2 rings (SSSR count). The smallest absolute Gasteiger partial charge is 0.337 e. The molecular formula is C13H13BrF3N3O. The molecular weight excluding hydrogens is 351 g/mol. The summed E-state index contributed by atoms with van der Waals surface area (Å²) in [4.78, 5) is 3.98. The van der Waals surface area contributed by atoms with Crippen LogP contribution in [0.15, 0.2) is 27.2 Å². The van der Waals surface area contributed by atoms with Gasteiger partial charge in [-0.15, -0.1) is 0 Å². The maximum absolute atomic E-state index is 13.1. The van der Waals surface area contributed by atoms with Crippen LogP contribution in [0.25, 0.3) is 11.4 Å². The third-order valence-corrected chi connectivity index (χ3v) is 3.38. The van der Waals surface area contributed by atoms with E-state index in [-0.39, 0.29) is 17.3 Å². The Morgan fingerprint density at radius 3 is 2.71 bits per heavy atom. The maximum Gasteiger partial charge on any atom is 0.417 e. The minimum atomic E-state index is -4.51. The van der Waals surface area contributed by atoms with E-state index in [2.05, 4.69) is 26.1 Å². The first kappa shape index (κ1) is 16.0. The Morgan fingerprint density at radius 1 is 1.38 bits per heavy atom. The number of hydrogen-bond donors (Lipinski definition) is 1. The number of nitrogens with two attached hydrogens (primary N) is 1. The van der Waals surface area contributed by atoms with Crippen LogP contribution in [-0.2, 0) is 6.18 Å². The zero-order chi connectivity index (χ0) is 15.6. The van der Waals surface area contributed by atoms with E-state index in [1.165, 1.54) is 12.1 Å². The lowest BCUT2D eigenvalue weighted by Crippen LogP contribution is -2.10. The Labute approximate surface area is 127 Å². The highest BCUT2D eigenvalue weighted by molar-refractivity contribution is 9.10. The summed E-state index contributed by atoms with van der Waals surface area (Å²) < 4.78 is 44.5. The van der Waals surface area contributed by atoms with Gasteiger partial charge in [0.15, 0.2) is 0 Å². The molecule has 4 nitrogen and oxygen atoms in total. The molecule has 8 heteroatoms. The predicted molar refractivity (Wildman–Crippen MR) is 74.3 cm³/mol. The van der Waals surface area contributed by atoms with E-state index in [9.17, 15) is 13.2 Å². The molecule has 0 aliphatic heterocycles. The molecule has 0 saturated carbocycles. The summed E-state index contributed by atoms with van der Waals surface area (Å²) in [7, 11) is 0. The van der Waals surface area contributed by atoms with Gasteiger partial charge in [-0.1, -0.05) is 34.4 Å². The van der Waals surface area contributed by atoms with Crippen molar-refractivity contribution in [3.05, 3.63) is 34.1 Å². The maximum atomic E-state index is 13.1. The first-order valence-corrected chi connectivity index (χ1v) is 7.08. The van der Waals surface area contributed by atoms with Crippen molar-refractivity contribution in [2.24, 2.45) is 5.73 Å². The molecule has 2 N–H and O–H groups in total. The quantitative estimate of drug-likeness (QED) is 0.878. The van der Waals surface area contributed by atoms with Gasteiger partial charge in [0.05, 0.1) is 11.6 Å². The number of nitrogens with zero attached hydrogens (tertiary/aromatic N) is 2. The molecule has 21 heavy (non-hydrogen) atoms. The van der Waals surface area contributed by atoms with E-state index in [0.29, 0.717) is 10.9 Å². The van der Waals surface area contributed by atoms with Crippen LogP contribution in [0.4, 0.5) is 13.2 Å². The van der Waals surface area contributed by atoms with Crippen LogP contribution >= 0.6 is 15.9 Å². The first-order valence-electron chi connectivity index (χ1n) is 6.29. The third kappa shape index (κ3) is 3.62. The van der Waals surface area contributed by atoms with Crippen LogP contribution in [0, 0.1) is 0 Å². The predicted octanol–water partition coefficient (Wildman–Crippen LogP) is 4.32. The number of alkyl halides is 3. The summed E-state index contributed by atoms with van der Waals surface area (Å²) in [5.74, 6) is 0.0271. The average molecular weight is 364 g/mol. The van der Waals surface area contributed by atoms with E-state index in [0.717, 1.165) is 12.5 Å². The number of halogens is 4. The van der Waals surface area contributed by atoms with Crippen molar-refractivity contribution in [2.75, 3.05) is 0 Å². The first-order chi connectivity index (χ1) is 9.82. The SMILES string of the molecule is CCCC(N)c1nc(-c2ccc(Br)cc2C(F)(F)F)no1. The van der Waals surface area contributed by atoms with Gasteiger partial charge < -0.3 is 10.3 Å². The molecule has 0 bridgehead atoms. The van der Waals surface area contributed by atoms with E-state index in [4.69, 9.17) is 10.3 Å². The van der Waals surface area contributed by atoms with Crippen molar-refractivity contribution in [2.45, 2.75) is 32.0 Å². The number of aromatic nitrogens is 2. The Balaban J connectivity index is 2.43. The van der Waals surface area contributed by atoms with Gasteiger partial charge in [-0.25, -0.2) is 0 Å².